The number of hydrogen-bond donors (Lipinski definition) is 1. The van der Waals surface area contributed by atoms with E-state index in [9.17, 15) is 9.59 Å². The van der Waals surface area contributed by atoms with Crippen LogP contribution in [0, 0.1) is 12.8 Å². The number of anilines is 1. The van der Waals surface area contributed by atoms with Crippen LogP contribution in [0.3, 0.4) is 0 Å². The summed E-state index contributed by atoms with van der Waals surface area (Å²) in [5.74, 6) is 0.436. The van der Waals surface area contributed by atoms with Gasteiger partial charge in [0.1, 0.15) is 0 Å². The number of benzene rings is 2. The van der Waals surface area contributed by atoms with Crippen LogP contribution in [0.4, 0.5) is 5.69 Å². The van der Waals surface area contributed by atoms with E-state index < -0.39 is 5.97 Å². The van der Waals surface area contributed by atoms with Gasteiger partial charge >= 0.3 is 5.97 Å². The van der Waals surface area contributed by atoms with Crippen LogP contribution in [0.25, 0.3) is 11.4 Å². The highest BCUT2D eigenvalue weighted by atomic mass is 16.5. The van der Waals surface area contributed by atoms with Crippen molar-refractivity contribution in [2.45, 2.75) is 52.5 Å². The molecule has 1 aliphatic rings. The van der Waals surface area contributed by atoms with Gasteiger partial charge in [-0.05, 0) is 55.0 Å². The van der Waals surface area contributed by atoms with Gasteiger partial charge in [0.2, 0.25) is 17.6 Å². The first-order valence-corrected chi connectivity index (χ1v) is 12.3. The van der Waals surface area contributed by atoms with E-state index >= 15 is 0 Å². The van der Waals surface area contributed by atoms with Gasteiger partial charge in [0.05, 0.1) is 25.1 Å². The van der Waals surface area contributed by atoms with Gasteiger partial charge in [-0.15, -0.1) is 0 Å². The number of rotatable bonds is 6. The Kier molecular flexibility index (Phi) is 7.54. The summed E-state index contributed by atoms with van der Waals surface area (Å²) in [6, 6.07) is 13.4. The molecule has 3 aromatic rings. The SMILES string of the molecule is COC(=O)c1ccc(C)c(NC(=O)C2CCCN(Cc3nc(-c4ccc(C(C)(C)C)cc4)no3)C2)c1. The molecular formula is C28H34N4O4. The molecule has 36 heavy (non-hydrogen) atoms. The van der Waals surface area contributed by atoms with Gasteiger partial charge in [-0.3, -0.25) is 9.69 Å². The predicted octanol–water partition coefficient (Wildman–Crippen LogP) is 4.98. The lowest BCUT2D eigenvalue weighted by Gasteiger charge is -2.31. The van der Waals surface area contributed by atoms with E-state index in [1.165, 1.54) is 12.7 Å². The fourth-order valence-electron chi connectivity index (χ4n) is 4.40. The van der Waals surface area contributed by atoms with Crippen molar-refractivity contribution in [1.82, 2.24) is 15.0 Å². The minimum atomic E-state index is -0.432. The van der Waals surface area contributed by atoms with Crippen molar-refractivity contribution in [3.05, 3.63) is 65.0 Å². The fourth-order valence-corrected chi connectivity index (χ4v) is 4.40. The molecule has 0 saturated carbocycles. The molecule has 1 fully saturated rings. The van der Waals surface area contributed by atoms with Crippen molar-refractivity contribution >= 4 is 17.6 Å². The zero-order valence-electron chi connectivity index (χ0n) is 21.6. The predicted molar refractivity (Wildman–Crippen MR) is 138 cm³/mol. The van der Waals surface area contributed by atoms with E-state index in [1.807, 2.05) is 19.1 Å². The Bertz CT molecular complexity index is 1230. The second kappa shape index (κ2) is 10.6. The van der Waals surface area contributed by atoms with Gasteiger partial charge < -0.3 is 14.6 Å². The Morgan fingerprint density at radius 3 is 2.61 bits per heavy atom. The van der Waals surface area contributed by atoms with E-state index in [1.54, 1.807) is 18.2 Å². The monoisotopic (exact) mass is 490 g/mol. The Morgan fingerprint density at radius 2 is 1.92 bits per heavy atom. The van der Waals surface area contributed by atoms with Gasteiger partial charge in [0.15, 0.2) is 0 Å². The molecule has 8 heteroatoms. The fraction of sp³-hybridized carbons (Fsp3) is 0.429. The number of aromatic nitrogens is 2. The zero-order chi connectivity index (χ0) is 25.9. The molecule has 0 bridgehead atoms. The number of esters is 1. The van der Waals surface area contributed by atoms with Crippen molar-refractivity contribution < 1.29 is 18.8 Å². The lowest BCUT2D eigenvalue weighted by Crippen LogP contribution is -2.40. The molecule has 2 heterocycles. The second-order valence-electron chi connectivity index (χ2n) is 10.4. The topological polar surface area (TPSA) is 97.6 Å². The first-order valence-electron chi connectivity index (χ1n) is 12.3. The Balaban J connectivity index is 1.38. The van der Waals surface area contributed by atoms with Crippen LogP contribution in [0.2, 0.25) is 0 Å². The number of aryl methyl sites for hydroxylation is 1. The summed E-state index contributed by atoms with van der Waals surface area (Å²) in [4.78, 5) is 31.7. The van der Waals surface area contributed by atoms with Crippen molar-refractivity contribution in [1.29, 1.82) is 0 Å². The summed E-state index contributed by atoms with van der Waals surface area (Å²) < 4.78 is 10.3. The minimum absolute atomic E-state index is 0.0602. The molecule has 1 aromatic heterocycles. The van der Waals surface area contributed by atoms with Crippen molar-refractivity contribution in [3.8, 4) is 11.4 Å². The van der Waals surface area contributed by atoms with Crippen molar-refractivity contribution in [2.24, 2.45) is 5.92 Å². The van der Waals surface area contributed by atoms with Crippen molar-refractivity contribution in [3.63, 3.8) is 0 Å². The molecule has 0 radical (unpaired) electrons. The molecule has 1 unspecified atom stereocenters. The third-order valence-electron chi connectivity index (χ3n) is 6.63. The molecule has 0 spiro atoms. The lowest BCUT2D eigenvalue weighted by atomic mass is 9.87. The van der Waals surface area contributed by atoms with Crippen LogP contribution >= 0.6 is 0 Å². The second-order valence-corrected chi connectivity index (χ2v) is 10.4. The maximum Gasteiger partial charge on any atom is 0.337 e. The number of likely N-dealkylation sites (tertiary alicyclic amines) is 1. The lowest BCUT2D eigenvalue weighted by molar-refractivity contribution is -0.121. The number of hydrogen-bond acceptors (Lipinski definition) is 7. The summed E-state index contributed by atoms with van der Waals surface area (Å²) in [5, 5.41) is 7.16. The highest BCUT2D eigenvalue weighted by Crippen LogP contribution is 2.26. The summed E-state index contributed by atoms with van der Waals surface area (Å²) in [6.45, 7) is 10.4. The molecule has 1 atom stereocenters. The van der Waals surface area contributed by atoms with E-state index in [0.29, 0.717) is 36.1 Å². The van der Waals surface area contributed by atoms with Gasteiger partial charge in [-0.25, -0.2) is 4.79 Å². The third-order valence-corrected chi connectivity index (χ3v) is 6.63. The van der Waals surface area contributed by atoms with Gasteiger partial charge in [-0.2, -0.15) is 4.98 Å². The quantitative estimate of drug-likeness (QED) is 0.487. The molecule has 4 rings (SSSR count). The Labute approximate surface area is 212 Å². The molecule has 0 aliphatic carbocycles. The highest BCUT2D eigenvalue weighted by molar-refractivity contribution is 5.96. The van der Waals surface area contributed by atoms with Crippen LogP contribution in [0.15, 0.2) is 47.0 Å². The van der Waals surface area contributed by atoms with E-state index in [0.717, 1.165) is 30.5 Å². The third kappa shape index (κ3) is 5.99. The number of methoxy groups -OCH3 is 1. The van der Waals surface area contributed by atoms with Crippen LogP contribution < -0.4 is 5.32 Å². The summed E-state index contributed by atoms with van der Waals surface area (Å²) in [7, 11) is 1.34. The maximum atomic E-state index is 13.1. The largest absolute Gasteiger partial charge is 0.465 e. The zero-order valence-corrected chi connectivity index (χ0v) is 21.6. The smallest absolute Gasteiger partial charge is 0.337 e. The van der Waals surface area contributed by atoms with E-state index in [2.05, 4.69) is 53.3 Å². The van der Waals surface area contributed by atoms with Gasteiger partial charge in [0, 0.05) is 17.8 Å². The van der Waals surface area contributed by atoms with Gasteiger partial charge in [0.25, 0.3) is 0 Å². The van der Waals surface area contributed by atoms with Crippen LogP contribution in [-0.4, -0.2) is 47.1 Å². The molecule has 1 saturated heterocycles. The summed E-state index contributed by atoms with van der Waals surface area (Å²) in [6.07, 6.45) is 1.70. The first kappa shape index (κ1) is 25.6. The van der Waals surface area contributed by atoms with Crippen molar-refractivity contribution in [2.75, 3.05) is 25.5 Å². The van der Waals surface area contributed by atoms with E-state index in [-0.39, 0.29) is 17.2 Å². The number of ether oxygens (including phenoxy) is 1. The molecule has 1 N–H and O–H groups in total. The average Bonchev–Trinajstić information content (AvgIpc) is 3.33. The Morgan fingerprint density at radius 1 is 1.17 bits per heavy atom. The van der Waals surface area contributed by atoms with Crippen LogP contribution in [0.5, 0.6) is 0 Å². The number of carbonyl (C=O) groups is 2. The number of amides is 1. The standard InChI is InChI=1S/C28H34N4O4/c1-18-8-9-20(27(34)35-5)15-23(18)29-26(33)21-7-6-14-32(16-21)17-24-30-25(31-36-24)19-10-12-22(13-11-19)28(2,3)4/h8-13,15,21H,6-7,14,16-17H2,1-5H3,(H,29,33). The minimum Gasteiger partial charge on any atom is -0.465 e. The number of carbonyl (C=O) groups excluding carboxylic acids is 2. The first-order chi connectivity index (χ1) is 17.1. The normalized spacial score (nSPS) is 16.5. The number of nitrogens with one attached hydrogen (secondary N) is 1. The Hall–Kier alpha value is -3.52. The average molecular weight is 491 g/mol. The molecule has 2 aromatic carbocycles. The maximum absolute atomic E-state index is 13.1. The van der Waals surface area contributed by atoms with Gasteiger partial charge in [-0.1, -0.05) is 56.3 Å². The number of piperidine rings is 1. The molecule has 1 aliphatic heterocycles. The molecule has 8 nitrogen and oxygen atoms in total. The molecule has 1 amide bonds. The van der Waals surface area contributed by atoms with Crippen LogP contribution in [0.1, 0.15) is 61.0 Å². The molecular weight excluding hydrogens is 456 g/mol. The summed E-state index contributed by atoms with van der Waals surface area (Å²) in [5.41, 5.74) is 4.17. The summed E-state index contributed by atoms with van der Waals surface area (Å²) >= 11 is 0. The molecule has 190 valence electrons. The number of nitrogens with zero attached hydrogens (tertiary/aromatic N) is 3. The van der Waals surface area contributed by atoms with Crippen LogP contribution in [-0.2, 0) is 21.5 Å². The highest BCUT2D eigenvalue weighted by Gasteiger charge is 2.27. The van der Waals surface area contributed by atoms with E-state index in [4.69, 9.17) is 9.26 Å².